The lowest BCUT2D eigenvalue weighted by Crippen LogP contribution is -2.20. The van der Waals surface area contributed by atoms with Gasteiger partial charge in [-0.1, -0.05) is 65.4 Å². The minimum atomic E-state index is -0.765. The van der Waals surface area contributed by atoms with Gasteiger partial charge in [0.2, 0.25) is 5.78 Å². The molecule has 8 nitrogen and oxygen atoms in total. The van der Waals surface area contributed by atoms with E-state index in [0.29, 0.717) is 16.7 Å². The van der Waals surface area contributed by atoms with Gasteiger partial charge in [-0.05, 0) is 77.9 Å². The molecule has 0 aliphatic heterocycles. The van der Waals surface area contributed by atoms with Crippen LogP contribution in [0.5, 0.6) is 0 Å². The molecule has 43 heavy (non-hydrogen) atoms. The predicted molar refractivity (Wildman–Crippen MR) is 165 cm³/mol. The smallest absolute Gasteiger partial charge is 0.318 e. The van der Waals surface area contributed by atoms with Crippen LogP contribution >= 0.6 is 11.8 Å². The van der Waals surface area contributed by atoms with E-state index >= 15 is 0 Å². The van der Waals surface area contributed by atoms with Gasteiger partial charge in [0.25, 0.3) is 5.69 Å². The van der Waals surface area contributed by atoms with Crippen LogP contribution in [0, 0.1) is 17.0 Å². The van der Waals surface area contributed by atoms with Gasteiger partial charge in [0, 0.05) is 39.5 Å². The minimum Gasteiger partial charge on any atom is -0.318 e. The average molecular weight is 589 g/mol. The third kappa shape index (κ3) is 6.58. The molecule has 0 atom stereocenters. The molecule has 0 saturated heterocycles. The van der Waals surface area contributed by atoms with Crippen molar-refractivity contribution in [2.45, 2.75) is 23.6 Å². The van der Waals surface area contributed by atoms with E-state index in [9.17, 15) is 24.5 Å². The van der Waals surface area contributed by atoms with Crippen molar-refractivity contribution in [1.82, 2.24) is 0 Å². The predicted octanol–water partition coefficient (Wildman–Crippen LogP) is 7.59. The highest BCUT2D eigenvalue weighted by molar-refractivity contribution is 7.99. The lowest BCUT2D eigenvalue weighted by molar-refractivity contribution is -0.385. The number of Topliss-reactive ketones (excluding diaryl/α,β-unsaturated/α-hetero) is 1. The molecule has 0 spiro atoms. The van der Waals surface area contributed by atoms with Gasteiger partial charge in [-0.3, -0.25) is 19.7 Å². The molecule has 0 aliphatic carbocycles. The normalized spacial score (nSPS) is 11.3. The summed E-state index contributed by atoms with van der Waals surface area (Å²) in [7, 11) is 0. The number of nitro benzene ring substituents is 1. The number of carbonyl (C=O) groups excluding carboxylic acids is 3. The summed E-state index contributed by atoms with van der Waals surface area (Å²) in [4.78, 5) is 55.5. The summed E-state index contributed by atoms with van der Waals surface area (Å²) in [5.41, 5.74) is 1.15. The quantitative estimate of drug-likeness (QED) is 0.0573. The molecule has 0 aliphatic rings. The van der Waals surface area contributed by atoms with Crippen molar-refractivity contribution in [3.63, 3.8) is 0 Å². The van der Waals surface area contributed by atoms with Crippen LogP contribution < -0.4 is 0 Å². The number of nitrogens with zero attached hydrogens (tertiary/aromatic N) is 2. The zero-order valence-electron chi connectivity index (χ0n) is 23.1. The SMILES string of the molecule is CC(=O)ON=C(C(=O)c1ccc(Sc2ccc(C(=O)c3ccc4ccccc4c3)cc2)cc1)c1c(C)cccc1[N+](=O)[O-]. The molecule has 5 aromatic carbocycles. The summed E-state index contributed by atoms with van der Waals surface area (Å²) in [5, 5.41) is 17.5. The van der Waals surface area contributed by atoms with Crippen LogP contribution in [-0.4, -0.2) is 28.2 Å². The van der Waals surface area contributed by atoms with Crippen molar-refractivity contribution in [2.24, 2.45) is 5.16 Å². The van der Waals surface area contributed by atoms with E-state index < -0.39 is 16.7 Å². The highest BCUT2D eigenvalue weighted by Gasteiger charge is 2.27. The molecule has 0 heterocycles. The lowest BCUT2D eigenvalue weighted by atomic mass is 9.96. The molecule has 212 valence electrons. The number of rotatable bonds is 9. The van der Waals surface area contributed by atoms with E-state index in [-0.39, 0.29) is 28.3 Å². The Hall–Kier alpha value is -5.41. The topological polar surface area (TPSA) is 116 Å². The van der Waals surface area contributed by atoms with Gasteiger partial charge in [-0.2, -0.15) is 0 Å². The maximum atomic E-state index is 13.5. The summed E-state index contributed by atoms with van der Waals surface area (Å²) in [6.45, 7) is 2.73. The van der Waals surface area contributed by atoms with Crippen molar-refractivity contribution in [3.8, 4) is 0 Å². The van der Waals surface area contributed by atoms with Crippen molar-refractivity contribution in [1.29, 1.82) is 0 Å². The first kappa shape index (κ1) is 29.1. The third-order valence-electron chi connectivity index (χ3n) is 6.65. The Balaban J connectivity index is 1.34. The van der Waals surface area contributed by atoms with E-state index in [1.807, 2.05) is 54.6 Å². The number of benzene rings is 5. The Morgan fingerprint density at radius 2 is 1.35 bits per heavy atom. The Labute approximate surface area is 251 Å². The van der Waals surface area contributed by atoms with E-state index in [1.165, 1.54) is 23.9 Å². The largest absolute Gasteiger partial charge is 0.332 e. The van der Waals surface area contributed by atoms with E-state index in [4.69, 9.17) is 4.84 Å². The highest BCUT2D eigenvalue weighted by atomic mass is 32.2. The number of oxime groups is 1. The summed E-state index contributed by atoms with van der Waals surface area (Å²) in [6.07, 6.45) is 0. The standard InChI is InChI=1S/C34H24N2O6S/c1-21-6-5-9-30(36(40)41)31(21)32(35-42-22(2)37)34(39)25-14-18-29(19-15-25)43-28-16-12-24(13-17-28)33(38)27-11-10-23-7-3-4-8-26(23)20-27/h3-20H,1-2H3. The van der Waals surface area contributed by atoms with Crippen LogP contribution in [0.2, 0.25) is 0 Å². The summed E-state index contributed by atoms with van der Waals surface area (Å²) in [5.74, 6) is -1.46. The fourth-order valence-electron chi connectivity index (χ4n) is 4.54. The van der Waals surface area contributed by atoms with E-state index in [2.05, 4.69) is 5.16 Å². The molecule has 0 saturated carbocycles. The number of fused-ring (bicyclic) bond motifs is 1. The first-order valence-corrected chi connectivity index (χ1v) is 14.0. The van der Waals surface area contributed by atoms with E-state index in [0.717, 1.165) is 27.5 Å². The lowest BCUT2D eigenvalue weighted by Gasteiger charge is -2.10. The van der Waals surface area contributed by atoms with Gasteiger partial charge >= 0.3 is 5.97 Å². The van der Waals surface area contributed by atoms with Gasteiger partial charge in [-0.15, -0.1) is 0 Å². The zero-order chi connectivity index (χ0) is 30.5. The maximum Gasteiger partial charge on any atom is 0.332 e. The third-order valence-corrected chi connectivity index (χ3v) is 7.66. The fraction of sp³-hybridized carbons (Fsp3) is 0.0588. The van der Waals surface area contributed by atoms with Crippen molar-refractivity contribution in [3.05, 3.63) is 147 Å². The second-order valence-corrected chi connectivity index (χ2v) is 10.8. The van der Waals surface area contributed by atoms with Gasteiger partial charge in [0.1, 0.15) is 0 Å². The van der Waals surface area contributed by atoms with Crippen LogP contribution in [0.25, 0.3) is 10.8 Å². The molecule has 5 aromatic rings. The number of aryl methyl sites for hydroxylation is 1. The maximum absolute atomic E-state index is 13.5. The Kier molecular flexibility index (Phi) is 8.54. The zero-order valence-corrected chi connectivity index (χ0v) is 24.0. The first-order valence-electron chi connectivity index (χ1n) is 13.2. The molecule has 0 N–H and O–H groups in total. The van der Waals surface area contributed by atoms with Crippen LogP contribution in [0.4, 0.5) is 5.69 Å². The molecule has 5 rings (SSSR count). The molecule has 0 aromatic heterocycles. The second kappa shape index (κ2) is 12.6. The second-order valence-electron chi connectivity index (χ2n) is 9.62. The van der Waals surface area contributed by atoms with Crippen molar-refractivity contribution in [2.75, 3.05) is 0 Å². The molecule has 0 bridgehead atoms. The van der Waals surface area contributed by atoms with Gasteiger partial charge in [0.15, 0.2) is 11.5 Å². The molecule has 9 heteroatoms. The molecular weight excluding hydrogens is 564 g/mol. The van der Waals surface area contributed by atoms with E-state index in [1.54, 1.807) is 49.4 Å². The van der Waals surface area contributed by atoms with Gasteiger partial charge in [-0.25, -0.2) is 4.79 Å². The molecule has 0 radical (unpaired) electrons. The molecule has 0 fully saturated rings. The minimum absolute atomic E-state index is 0.0180. The van der Waals surface area contributed by atoms with Crippen LogP contribution in [0.3, 0.4) is 0 Å². The summed E-state index contributed by atoms with van der Waals surface area (Å²) < 4.78 is 0. The Morgan fingerprint density at radius 3 is 1.98 bits per heavy atom. The van der Waals surface area contributed by atoms with Crippen molar-refractivity contribution >= 4 is 51.5 Å². The van der Waals surface area contributed by atoms with Crippen LogP contribution in [-0.2, 0) is 9.63 Å². The van der Waals surface area contributed by atoms with Crippen LogP contribution in [0.15, 0.2) is 124 Å². The van der Waals surface area contributed by atoms with Crippen molar-refractivity contribution < 1.29 is 24.1 Å². The average Bonchev–Trinajstić information content (AvgIpc) is 3.01. The van der Waals surface area contributed by atoms with Crippen LogP contribution in [0.1, 0.15) is 44.3 Å². The highest BCUT2D eigenvalue weighted by Crippen LogP contribution is 2.30. The molecular formula is C34H24N2O6S. The number of carbonyl (C=O) groups is 3. The van der Waals surface area contributed by atoms with Gasteiger partial charge < -0.3 is 4.84 Å². The number of ketones is 2. The number of nitro groups is 1. The summed E-state index contributed by atoms with van der Waals surface area (Å²) in [6, 6.07) is 31.8. The molecule has 0 unspecified atom stereocenters. The fourth-order valence-corrected chi connectivity index (χ4v) is 5.36. The van der Waals surface area contributed by atoms with Gasteiger partial charge in [0.05, 0.1) is 10.5 Å². The molecule has 0 amide bonds. The Morgan fingerprint density at radius 1 is 0.744 bits per heavy atom. The first-order chi connectivity index (χ1) is 20.7. The number of hydrogen-bond acceptors (Lipinski definition) is 8. The number of hydrogen-bond donors (Lipinski definition) is 0. The summed E-state index contributed by atoms with van der Waals surface area (Å²) >= 11 is 1.44. The Bertz CT molecular complexity index is 1910. The monoisotopic (exact) mass is 588 g/mol.